The molecule has 4 heteroatoms. The first-order valence-corrected chi connectivity index (χ1v) is 8.19. The minimum absolute atomic E-state index is 0.0949. The third kappa shape index (κ3) is 1.76. The van der Waals surface area contributed by atoms with Crippen molar-refractivity contribution in [2.75, 3.05) is 0 Å². The van der Waals surface area contributed by atoms with Crippen LogP contribution in [-0.2, 0) is 0 Å². The topological polar surface area (TPSA) is 61.1 Å². The zero-order chi connectivity index (χ0) is 17.1. The molecule has 2 heterocycles. The molecule has 0 bridgehead atoms. The van der Waals surface area contributed by atoms with Gasteiger partial charge in [0.05, 0.1) is 11.1 Å². The van der Waals surface area contributed by atoms with Crippen LogP contribution >= 0.6 is 0 Å². The van der Waals surface area contributed by atoms with Crippen LogP contribution in [0, 0.1) is 5.41 Å². The molecule has 0 saturated carbocycles. The van der Waals surface area contributed by atoms with Crippen LogP contribution < -0.4 is 5.49 Å². The summed E-state index contributed by atoms with van der Waals surface area (Å²) in [6, 6.07) is 20.0. The Morgan fingerprint density at radius 2 is 1.68 bits per heavy atom. The van der Waals surface area contributed by atoms with Gasteiger partial charge in [-0.2, -0.15) is 0 Å². The van der Waals surface area contributed by atoms with Crippen molar-refractivity contribution in [3.63, 3.8) is 0 Å². The molecule has 0 unspecified atom stereocenters. The zero-order valence-corrected chi connectivity index (χ0v) is 13.6. The van der Waals surface area contributed by atoms with Gasteiger partial charge in [-0.25, -0.2) is 0 Å². The lowest BCUT2D eigenvalue weighted by molar-refractivity contribution is 0.101. The maximum absolute atomic E-state index is 12.3. The van der Waals surface area contributed by atoms with Gasteiger partial charge in [-0.1, -0.05) is 48.5 Å². The van der Waals surface area contributed by atoms with Crippen LogP contribution in [0.25, 0.3) is 38.2 Å². The van der Waals surface area contributed by atoms with Crippen molar-refractivity contribution in [2.24, 2.45) is 0 Å². The number of nitrogens with zero attached hydrogens (tertiary/aromatic N) is 1. The van der Waals surface area contributed by atoms with Gasteiger partial charge in [0.25, 0.3) is 0 Å². The Bertz CT molecular complexity index is 1380. The quantitative estimate of drug-likeness (QED) is 0.268. The molecule has 0 saturated heterocycles. The van der Waals surface area contributed by atoms with Gasteiger partial charge in [0.15, 0.2) is 5.78 Å². The van der Waals surface area contributed by atoms with E-state index in [1.165, 1.54) is 6.92 Å². The van der Waals surface area contributed by atoms with Crippen molar-refractivity contribution in [1.29, 1.82) is 5.41 Å². The molecule has 5 aromatic rings. The number of hydrogen-bond donors (Lipinski definition) is 2. The van der Waals surface area contributed by atoms with Gasteiger partial charge in [0, 0.05) is 16.3 Å². The van der Waals surface area contributed by atoms with Crippen LogP contribution in [0.4, 0.5) is 0 Å². The molecule has 2 N–H and O–H groups in total. The van der Waals surface area contributed by atoms with Crippen molar-refractivity contribution in [3.05, 3.63) is 71.7 Å². The molecule has 0 fully saturated rings. The molecular weight excluding hydrogens is 310 g/mol. The Labute approximate surface area is 142 Å². The number of H-pyrrole nitrogens is 1. The second-order valence-electron chi connectivity index (χ2n) is 6.32. The average Bonchev–Trinajstić information content (AvgIpc) is 2.62. The van der Waals surface area contributed by atoms with E-state index in [0.29, 0.717) is 5.56 Å². The van der Waals surface area contributed by atoms with Crippen LogP contribution in [0.15, 0.2) is 60.7 Å². The summed E-state index contributed by atoms with van der Waals surface area (Å²) in [7, 11) is 0. The van der Waals surface area contributed by atoms with E-state index in [4.69, 9.17) is 5.41 Å². The summed E-state index contributed by atoms with van der Waals surface area (Å²) in [4.78, 5) is 15.8. The predicted octanol–water partition coefficient (Wildman–Crippen LogP) is 4.41. The molecule has 0 aliphatic carbocycles. The normalized spacial score (nSPS) is 11.7. The van der Waals surface area contributed by atoms with Gasteiger partial charge in [0.2, 0.25) is 0 Å². The Morgan fingerprint density at radius 1 is 0.960 bits per heavy atom. The van der Waals surface area contributed by atoms with Crippen molar-refractivity contribution in [1.82, 2.24) is 9.38 Å². The summed E-state index contributed by atoms with van der Waals surface area (Å²) in [5.41, 5.74) is 3.46. The summed E-state index contributed by atoms with van der Waals surface area (Å²) >= 11 is 0. The number of nitrogens with one attached hydrogen (secondary N) is 2. The molecule has 0 atom stereocenters. The maximum atomic E-state index is 12.3. The lowest BCUT2D eigenvalue weighted by atomic mass is 10.0. The Morgan fingerprint density at radius 3 is 2.44 bits per heavy atom. The molecule has 5 rings (SSSR count). The fourth-order valence-electron chi connectivity index (χ4n) is 3.84. The molecule has 0 spiro atoms. The van der Waals surface area contributed by atoms with Gasteiger partial charge in [-0.05, 0) is 29.8 Å². The lowest BCUT2D eigenvalue weighted by Gasteiger charge is -2.15. The number of rotatable bonds is 1. The van der Waals surface area contributed by atoms with E-state index in [1.54, 1.807) is 0 Å². The van der Waals surface area contributed by atoms with E-state index >= 15 is 0 Å². The number of benzene rings is 3. The highest BCUT2D eigenvalue weighted by atomic mass is 16.1. The van der Waals surface area contributed by atoms with Crippen LogP contribution in [0.3, 0.4) is 0 Å². The number of ketones is 1. The number of Topliss-reactive ketones (excluding diaryl/α,β-unsaturated/α-hetero) is 1. The zero-order valence-electron chi connectivity index (χ0n) is 13.6. The number of pyridine rings is 1. The average molecular weight is 325 g/mol. The summed E-state index contributed by atoms with van der Waals surface area (Å²) in [5, 5.41) is 12.7. The van der Waals surface area contributed by atoms with E-state index in [-0.39, 0.29) is 11.3 Å². The molecule has 0 aliphatic heterocycles. The molecular formula is C21H15N3O. The first kappa shape index (κ1) is 14.0. The Kier molecular flexibility index (Phi) is 2.69. The highest BCUT2D eigenvalue weighted by Gasteiger charge is 2.16. The molecule has 4 nitrogen and oxygen atoms in total. The second-order valence-corrected chi connectivity index (χ2v) is 6.32. The van der Waals surface area contributed by atoms with Crippen LogP contribution in [0.2, 0.25) is 0 Å². The fourth-order valence-corrected chi connectivity index (χ4v) is 3.84. The Balaban J connectivity index is 2.23. The molecule has 120 valence electrons. The van der Waals surface area contributed by atoms with Crippen LogP contribution in [0.1, 0.15) is 17.3 Å². The van der Waals surface area contributed by atoms with Gasteiger partial charge in [0.1, 0.15) is 11.1 Å². The lowest BCUT2D eigenvalue weighted by Crippen LogP contribution is -2.23. The van der Waals surface area contributed by atoms with Crippen molar-refractivity contribution in [3.8, 4) is 0 Å². The molecule has 0 aliphatic rings. The number of aromatic amines is 1. The Hall–Kier alpha value is -3.40. The number of carbonyl (C=O) groups is 1. The van der Waals surface area contributed by atoms with Crippen LogP contribution in [-0.4, -0.2) is 15.2 Å². The van der Waals surface area contributed by atoms with Gasteiger partial charge in [-0.15, -0.1) is 0 Å². The SMILES string of the molecule is CC(=O)c1c(=N)n2c3cccc4cccc([nH]c2c2ccccc12)c43. The number of fused-ring (bicyclic) bond motifs is 4. The minimum Gasteiger partial charge on any atom is -0.340 e. The summed E-state index contributed by atoms with van der Waals surface area (Å²) in [6.45, 7) is 1.53. The highest BCUT2D eigenvalue weighted by Crippen LogP contribution is 2.29. The number of carbonyl (C=O) groups excluding carboxylic acids is 1. The molecule has 0 amide bonds. The van der Waals surface area contributed by atoms with Crippen molar-refractivity contribution < 1.29 is 4.79 Å². The smallest absolute Gasteiger partial charge is 0.164 e. The number of aromatic nitrogens is 2. The van der Waals surface area contributed by atoms with Crippen molar-refractivity contribution >= 4 is 44.0 Å². The van der Waals surface area contributed by atoms with Crippen LogP contribution in [0.5, 0.6) is 0 Å². The van der Waals surface area contributed by atoms with E-state index in [1.807, 2.05) is 52.9 Å². The first-order chi connectivity index (χ1) is 12.2. The first-order valence-electron chi connectivity index (χ1n) is 8.19. The summed E-state index contributed by atoms with van der Waals surface area (Å²) < 4.78 is 1.86. The molecule has 0 radical (unpaired) electrons. The highest BCUT2D eigenvalue weighted by molar-refractivity contribution is 6.13. The van der Waals surface area contributed by atoms with Gasteiger partial charge in [-0.3, -0.25) is 14.6 Å². The summed E-state index contributed by atoms with van der Waals surface area (Å²) in [6.07, 6.45) is 0. The monoisotopic (exact) mass is 325 g/mol. The molecule has 25 heavy (non-hydrogen) atoms. The van der Waals surface area contributed by atoms with Crippen molar-refractivity contribution in [2.45, 2.75) is 6.92 Å². The predicted molar refractivity (Wildman–Crippen MR) is 100 cm³/mol. The third-order valence-electron chi connectivity index (χ3n) is 4.86. The third-order valence-corrected chi connectivity index (χ3v) is 4.86. The fraction of sp³-hybridized carbons (Fsp3) is 0.0476. The molecule has 2 aromatic heterocycles. The van der Waals surface area contributed by atoms with Gasteiger partial charge < -0.3 is 4.98 Å². The minimum atomic E-state index is -0.0949. The summed E-state index contributed by atoms with van der Waals surface area (Å²) in [5.74, 6) is -0.0949. The van der Waals surface area contributed by atoms with Gasteiger partial charge >= 0.3 is 0 Å². The van der Waals surface area contributed by atoms with E-state index < -0.39 is 0 Å². The number of hydrogen-bond acceptors (Lipinski definition) is 2. The largest absolute Gasteiger partial charge is 0.340 e. The standard InChI is InChI=1S/C21H15N3O/c1-12(25)18-14-8-2-3-9-15(14)21-23-16-10-4-6-13-7-5-11-17(19(13)16)24(21)20(18)22/h2-11,22-23H,1H3. The second kappa shape index (κ2) is 4.80. The maximum Gasteiger partial charge on any atom is 0.164 e. The van der Waals surface area contributed by atoms with E-state index in [0.717, 1.165) is 38.2 Å². The van der Waals surface area contributed by atoms with E-state index in [2.05, 4.69) is 17.1 Å². The molecule has 3 aromatic carbocycles. The van der Waals surface area contributed by atoms with E-state index in [9.17, 15) is 4.79 Å².